The average molecular weight is 453 g/mol. The predicted octanol–water partition coefficient (Wildman–Crippen LogP) is 5.51. The number of rotatable bonds is 5. The lowest BCUT2D eigenvalue weighted by molar-refractivity contribution is 0.898. The van der Waals surface area contributed by atoms with Crippen molar-refractivity contribution in [3.8, 4) is 33.9 Å². The van der Waals surface area contributed by atoms with Crippen LogP contribution >= 0.6 is 11.3 Å². The lowest BCUT2D eigenvalue weighted by atomic mass is 10.1. The molecule has 0 aliphatic rings. The highest BCUT2D eigenvalue weighted by Gasteiger charge is 2.17. The highest BCUT2D eigenvalue weighted by atomic mass is 32.1. The van der Waals surface area contributed by atoms with Crippen molar-refractivity contribution in [2.45, 2.75) is 19.9 Å². The van der Waals surface area contributed by atoms with Gasteiger partial charge in [0.2, 0.25) is 0 Å². The van der Waals surface area contributed by atoms with Crippen molar-refractivity contribution in [1.29, 1.82) is 0 Å². The molecular weight excluding hydrogens is 432 g/mol. The minimum absolute atomic E-state index is 0.324. The van der Waals surface area contributed by atoms with Gasteiger partial charge in [-0.1, -0.05) is 0 Å². The van der Waals surface area contributed by atoms with E-state index in [1.165, 1.54) is 0 Å². The fourth-order valence-electron chi connectivity index (χ4n) is 3.91. The number of aromatic amines is 2. The molecule has 0 aliphatic carbocycles. The first-order chi connectivity index (χ1) is 16.2. The van der Waals surface area contributed by atoms with E-state index in [4.69, 9.17) is 4.98 Å². The van der Waals surface area contributed by atoms with E-state index >= 15 is 0 Å². The molecule has 6 heterocycles. The van der Waals surface area contributed by atoms with Crippen LogP contribution in [0.2, 0.25) is 0 Å². The Morgan fingerprint density at radius 3 is 2.73 bits per heavy atom. The van der Waals surface area contributed by atoms with Crippen LogP contribution in [0.4, 0.5) is 5.69 Å². The summed E-state index contributed by atoms with van der Waals surface area (Å²) in [6, 6.07) is 8.46. The van der Waals surface area contributed by atoms with Crippen LogP contribution in [0.25, 0.3) is 56.0 Å². The fraction of sp³-hybridized carbons (Fsp3) is 0.125. The number of pyridine rings is 3. The SMILES string of the molecule is CC(C)Nc1cncc(-c2cnc3[nH]nc(-c4nc5c(-c6ccsc6)nccc5[nH]4)c3c2)c1. The number of fused-ring (bicyclic) bond motifs is 2. The maximum atomic E-state index is 4.86. The molecule has 9 heteroatoms. The van der Waals surface area contributed by atoms with Crippen molar-refractivity contribution in [3.05, 3.63) is 59.8 Å². The Morgan fingerprint density at radius 1 is 0.970 bits per heavy atom. The van der Waals surface area contributed by atoms with Crippen molar-refractivity contribution in [2.24, 2.45) is 0 Å². The first kappa shape index (κ1) is 19.6. The molecule has 0 aliphatic heterocycles. The Kier molecular flexibility index (Phi) is 4.62. The molecule has 0 fully saturated rings. The molecule has 3 N–H and O–H groups in total. The van der Waals surface area contributed by atoms with Crippen LogP contribution in [-0.4, -0.2) is 41.2 Å². The Morgan fingerprint density at radius 2 is 1.88 bits per heavy atom. The van der Waals surface area contributed by atoms with Gasteiger partial charge >= 0.3 is 0 Å². The number of anilines is 1. The Bertz CT molecular complexity index is 1580. The Hall–Kier alpha value is -4.11. The van der Waals surface area contributed by atoms with Crippen molar-refractivity contribution in [1.82, 2.24) is 35.1 Å². The average Bonchev–Trinajstić information content (AvgIpc) is 3.57. The van der Waals surface area contributed by atoms with E-state index in [0.717, 1.165) is 50.2 Å². The molecule has 0 spiro atoms. The largest absolute Gasteiger partial charge is 0.382 e. The normalized spacial score (nSPS) is 11.6. The molecule has 8 nitrogen and oxygen atoms in total. The second kappa shape index (κ2) is 7.79. The minimum atomic E-state index is 0.324. The van der Waals surface area contributed by atoms with Crippen LogP contribution in [0.3, 0.4) is 0 Å². The Balaban J connectivity index is 1.45. The van der Waals surface area contributed by atoms with Crippen molar-refractivity contribution < 1.29 is 0 Å². The predicted molar refractivity (Wildman–Crippen MR) is 132 cm³/mol. The third-order valence-electron chi connectivity index (χ3n) is 5.36. The summed E-state index contributed by atoms with van der Waals surface area (Å²) in [6.07, 6.45) is 7.29. The summed E-state index contributed by atoms with van der Waals surface area (Å²) in [5.41, 5.74) is 7.99. The van der Waals surface area contributed by atoms with E-state index in [1.807, 2.05) is 30.0 Å². The zero-order chi connectivity index (χ0) is 22.4. The van der Waals surface area contributed by atoms with Crippen LogP contribution in [0, 0.1) is 0 Å². The van der Waals surface area contributed by atoms with Gasteiger partial charge in [-0.05, 0) is 43.5 Å². The number of nitrogens with one attached hydrogen (secondary N) is 3. The van der Waals surface area contributed by atoms with E-state index in [2.05, 4.69) is 72.9 Å². The maximum Gasteiger partial charge on any atom is 0.159 e. The quantitative estimate of drug-likeness (QED) is 0.318. The molecule has 0 bridgehead atoms. The third kappa shape index (κ3) is 3.52. The van der Waals surface area contributed by atoms with Gasteiger partial charge in [-0.15, -0.1) is 0 Å². The molecule has 162 valence electrons. The summed E-state index contributed by atoms with van der Waals surface area (Å²) in [7, 11) is 0. The van der Waals surface area contributed by atoms with Gasteiger partial charge in [0.25, 0.3) is 0 Å². The number of thiophene rings is 1. The van der Waals surface area contributed by atoms with Crippen molar-refractivity contribution >= 4 is 39.1 Å². The number of hydrogen-bond acceptors (Lipinski definition) is 7. The Labute approximate surface area is 193 Å². The topological polar surface area (TPSA) is 108 Å². The summed E-state index contributed by atoms with van der Waals surface area (Å²) in [6.45, 7) is 4.20. The first-order valence-corrected chi connectivity index (χ1v) is 11.5. The van der Waals surface area contributed by atoms with E-state index in [0.29, 0.717) is 17.5 Å². The van der Waals surface area contributed by atoms with Crippen LogP contribution in [-0.2, 0) is 0 Å². The molecular formula is C24H20N8S. The molecule has 0 amide bonds. The molecule has 0 radical (unpaired) electrons. The fourth-order valence-corrected chi connectivity index (χ4v) is 4.55. The van der Waals surface area contributed by atoms with Gasteiger partial charge in [-0.2, -0.15) is 16.4 Å². The molecule has 0 unspecified atom stereocenters. The zero-order valence-electron chi connectivity index (χ0n) is 18.0. The summed E-state index contributed by atoms with van der Waals surface area (Å²) >= 11 is 1.64. The number of imidazole rings is 1. The second-order valence-electron chi connectivity index (χ2n) is 8.11. The van der Waals surface area contributed by atoms with E-state index < -0.39 is 0 Å². The van der Waals surface area contributed by atoms with Gasteiger partial charge in [0.1, 0.15) is 11.2 Å². The van der Waals surface area contributed by atoms with Crippen molar-refractivity contribution in [2.75, 3.05) is 5.32 Å². The first-order valence-electron chi connectivity index (χ1n) is 10.6. The number of aromatic nitrogens is 7. The molecule has 0 saturated carbocycles. The van der Waals surface area contributed by atoms with E-state index in [1.54, 1.807) is 17.5 Å². The highest BCUT2D eigenvalue weighted by Crippen LogP contribution is 2.32. The van der Waals surface area contributed by atoms with Gasteiger partial charge in [0, 0.05) is 52.9 Å². The molecule has 0 atom stereocenters. The van der Waals surface area contributed by atoms with Crippen LogP contribution in [0.5, 0.6) is 0 Å². The van der Waals surface area contributed by atoms with Gasteiger partial charge in [-0.25, -0.2) is 9.97 Å². The molecule has 6 aromatic heterocycles. The minimum Gasteiger partial charge on any atom is -0.382 e. The summed E-state index contributed by atoms with van der Waals surface area (Å²) in [4.78, 5) is 21.8. The summed E-state index contributed by atoms with van der Waals surface area (Å²) in [5.74, 6) is 0.674. The van der Waals surface area contributed by atoms with Gasteiger partial charge in [0.15, 0.2) is 11.5 Å². The second-order valence-corrected chi connectivity index (χ2v) is 8.89. The standard InChI is InChI=1S/C24H20N8S/c1-13(2)28-17-7-15(9-25-11-17)16-8-18-21(31-32-23(18)27-10-16)24-29-19-3-5-26-20(22(19)30-24)14-4-6-33-12-14/h3-13,28H,1-2H3,(H,29,30)(H,27,31,32). The van der Waals surface area contributed by atoms with Crippen LogP contribution in [0.1, 0.15) is 13.8 Å². The monoisotopic (exact) mass is 452 g/mol. The maximum absolute atomic E-state index is 4.86. The lowest BCUT2D eigenvalue weighted by Crippen LogP contribution is -2.09. The van der Waals surface area contributed by atoms with Crippen LogP contribution in [0.15, 0.2) is 59.8 Å². The third-order valence-corrected chi connectivity index (χ3v) is 6.05. The lowest BCUT2D eigenvalue weighted by Gasteiger charge is -2.10. The summed E-state index contributed by atoms with van der Waals surface area (Å²) < 4.78 is 0. The van der Waals surface area contributed by atoms with E-state index in [-0.39, 0.29) is 0 Å². The molecule has 0 saturated heterocycles. The van der Waals surface area contributed by atoms with Gasteiger partial charge < -0.3 is 10.3 Å². The zero-order valence-corrected chi connectivity index (χ0v) is 18.8. The smallest absolute Gasteiger partial charge is 0.159 e. The highest BCUT2D eigenvalue weighted by molar-refractivity contribution is 7.08. The van der Waals surface area contributed by atoms with Crippen LogP contribution < -0.4 is 5.32 Å². The molecule has 6 aromatic rings. The molecule has 6 rings (SSSR count). The van der Waals surface area contributed by atoms with Gasteiger partial charge in [-0.3, -0.25) is 15.1 Å². The van der Waals surface area contributed by atoms with E-state index in [9.17, 15) is 0 Å². The molecule has 33 heavy (non-hydrogen) atoms. The van der Waals surface area contributed by atoms with Crippen molar-refractivity contribution in [3.63, 3.8) is 0 Å². The van der Waals surface area contributed by atoms with Gasteiger partial charge in [0.05, 0.1) is 22.3 Å². The number of nitrogens with zero attached hydrogens (tertiary/aromatic N) is 5. The molecule has 0 aromatic carbocycles. The number of H-pyrrole nitrogens is 2. The number of hydrogen-bond donors (Lipinski definition) is 3. The summed E-state index contributed by atoms with van der Waals surface area (Å²) in [5, 5.41) is 15.9.